The molecule has 0 fully saturated rings. The summed E-state index contributed by atoms with van der Waals surface area (Å²) in [5, 5.41) is 3.16. The lowest BCUT2D eigenvalue weighted by molar-refractivity contribution is -0.115. The maximum absolute atomic E-state index is 12.2. The van der Waals surface area contributed by atoms with Crippen molar-refractivity contribution in [3.63, 3.8) is 0 Å². The zero-order chi connectivity index (χ0) is 18.0. The number of rotatable bonds is 5. The van der Waals surface area contributed by atoms with Gasteiger partial charge in [0.1, 0.15) is 0 Å². The quantitative estimate of drug-likeness (QED) is 0.861. The van der Waals surface area contributed by atoms with Crippen molar-refractivity contribution in [3.8, 4) is 0 Å². The van der Waals surface area contributed by atoms with Gasteiger partial charge in [-0.2, -0.15) is 0 Å². The number of ketones is 1. The molecular weight excluding hydrogens is 360 g/mol. The van der Waals surface area contributed by atoms with Crippen LogP contribution in [0.1, 0.15) is 42.1 Å². The summed E-state index contributed by atoms with van der Waals surface area (Å²) in [6, 6.07) is 6.31. The highest BCUT2D eigenvalue weighted by molar-refractivity contribution is 7.91. The van der Waals surface area contributed by atoms with Crippen LogP contribution >= 0.6 is 11.3 Å². The number of fused-ring (bicyclic) bond motifs is 1. The van der Waals surface area contributed by atoms with Crippen molar-refractivity contribution in [2.45, 2.75) is 37.5 Å². The fraction of sp³-hybridized carbons (Fsp3) is 0.353. The Bertz CT molecular complexity index is 921. The highest BCUT2D eigenvalue weighted by Gasteiger charge is 2.22. The number of carbonyl (C=O) groups is 2. The van der Waals surface area contributed by atoms with E-state index in [0.717, 1.165) is 18.5 Å². The number of benzene rings is 1. The molecule has 1 aliphatic carbocycles. The minimum absolute atomic E-state index is 0. The van der Waals surface area contributed by atoms with E-state index in [1.807, 2.05) is 0 Å². The Morgan fingerprint density at radius 1 is 1.28 bits per heavy atom. The van der Waals surface area contributed by atoms with Crippen LogP contribution in [0.25, 0.3) is 0 Å². The minimum atomic E-state index is -3.24. The van der Waals surface area contributed by atoms with Gasteiger partial charge in [-0.05, 0) is 30.5 Å². The van der Waals surface area contributed by atoms with Gasteiger partial charge in [-0.3, -0.25) is 9.59 Å². The Labute approximate surface area is 151 Å². The summed E-state index contributed by atoms with van der Waals surface area (Å²) in [5.41, 5.74) is 1.48. The molecule has 134 valence electrons. The van der Waals surface area contributed by atoms with Crippen LogP contribution in [0.15, 0.2) is 29.2 Å². The number of amides is 1. The summed E-state index contributed by atoms with van der Waals surface area (Å²) >= 11 is 1.22. The molecule has 1 aromatic carbocycles. The van der Waals surface area contributed by atoms with Crippen LogP contribution in [-0.2, 0) is 27.5 Å². The number of hydrogen-bond acceptors (Lipinski definition) is 6. The number of thiazole rings is 1. The largest absolute Gasteiger partial charge is 0.302 e. The van der Waals surface area contributed by atoms with Gasteiger partial charge in [0.2, 0.25) is 5.91 Å². The van der Waals surface area contributed by atoms with Gasteiger partial charge < -0.3 is 5.32 Å². The molecule has 0 atom stereocenters. The molecule has 1 amide bonds. The molecule has 6 nitrogen and oxygen atoms in total. The Balaban J connectivity index is 0.00000243. The molecular formula is C17H20N2O4S2. The molecule has 0 unspecified atom stereocenters. The maximum Gasteiger partial charge on any atom is 0.230 e. The zero-order valence-corrected chi connectivity index (χ0v) is 15.4. The van der Waals surface area contributed by atoms with E-state index in [2.05, 4.69) is 10.3 Å². The summed E-state index contributed by atoms with van der Waals surface area (Å²) in [4.78, 5) is 29.2. The van der Waals surface area contributed by atoms with Crippen molar-refractivity contribution in [1.29, 1.82) is 0 Å². The minimum Gasteiger partial charge on any atom is -0.302 e. The highest BCUT2D eigenvalue weighted by atomic mass is 32.2. The summed E-state index contributed by atoms with van der Waals surface area (Å²) in [7, 11) is -3.24. The molecule has 0 spiro atoms. The van der Waals surface area contributed by atoms with E-state index >= 15 is 0 Å². The summed E-state index contributed by atoms with van der Waals surface area (Å²) in [5.74, 6) is -0.114. The average molecular weight is 380 g/mol. The molecule has 0 saturated heterocycles. The number of sulfone groups is 1. The van der Waals surface area contributed by atoms with E-state index in [-0.39, 0.29) is 30.2 Å². The van der Waals surface area contributed by atoms with E-state index < -0.39 is 9.84 Å². The van der Waals surface area contributed by atoms with Crippen LogP contribution in [0, 0.1) is 0 Å². The third-order valence-corrected chi connectivity index (χ3v) is 6.85. The summed E-state index contributed by atoms with van der Waals surface area (Å²) in [6.45, 7) is 1.59. The first kappa shape index (κ1) is 17.8. The molecule has 0 aliphatic heterocycles. The van der Waals surface area contributed by atoms with Crippen LogP contribution in [0.2, 0.25) is 0 Å². The molecule has 2 aromatic rings. The van der Waals surface area contributed by atoms with E-state index in [1.54, 1.807) is 19.1 Å². The first-order valence-corrected chi connectivity index (χ1v) is 10.5. The molecule has 1 heterocycles. The van der Waals surface area contributed by atoms with Gasteiger partial charge in [-0.1, -0.05) is 30.4 Å². The zero-order valence-electron chi connectivity index (χ0n) is 13.7. The highest BCUT2D eigenvalue weighted by Crippen LogP contribution is 2.29. The lowest BCUT2D eigenvalue weighted by Crippen LogP contribution is -2.14. The Morgan fingerprint density at radius 2 is 2.00 bits per heavy atom. The first-order valence-electron chi connectivity index (χ1n) is 8.03. The van der Waals surface area contributed by atoms with Crippen molar-refractivity contribution in [2.75, 3.05) is 11.1 Å². The predicted octanol–water partition coefficient (Wildman–Crippen LogP) is 2.88. The van der Waals surface area contributed by atoms with Gasteiger partial charge in [-0.25, -0.2) is 13.4 Å². The number of anilines is 1. The van der Waals surface area contributed by atoms with E-state index in [9.17, 15) is 18.0 Å². The molecule has 1 aliphatic rings. The third kappa shape index (κ3) is 3.96. The molecule has 1 N–H and O–H groups in total. The van der Waals surface area contributed by atoms with Crippen molar-refractivity contribution >= 4 is 38.0 Å². The SMILES string of the molecule is CCS(=O)(=O)c1ccc(CC(=O)Nc2nc3c(s2)C(=O)CCC3)cc1.[HH]. The molecule has 8 heteroatoms. The van der Waals surface area contributed by atoms with Crippen molar-refractivity contribution < 1.29 is 19.4 Å². The molecule has 25 heavy (non-hydrogen) atoms. The summed E-state index contributed by atoms with van der Waals surface area (Å²) < 4.78 is 23.6. The Hall–Kier alpha value is -2.06. The van der Waals surface area contributed by atoms with Gasteiger partial charge >= 0.3 is 0 Å². The molecule has 0 radical (unpaired) electrons. The predicted molar refractivity (Wildman–Crippen MR) is 98.0 cm³/mol. The number of hydrogen-bond donors (Lipinski definition) is 1. The number of Topliss-reactive ketones (excluding diaryl/α,β-unsaturated/α-hetero) is 1. The van der Waals surface area contributed by atoms with Crippen molar-refractivity contribution in [2.24, 2.45) is 0 Å². The second-order valence-electron chi connectivity index (χ2n) is 5.84. The normalized spacial score (nSPS) is 14.2. The van der Waals surface area contributed by atoms with Gasteiger partial charge in [0.05, 0.1) is 27.6 Å². The smallest absolute Gasteiger partial charge is 0.230 e. The van der Waals surface area contributed by atoms with Crippen molar-refractivity contribution in [1.82, 2.24) is 4.98 Å². The van der Waals surface area contributed by atoms with E-state index in [0.29, 0.717) is 22.0 Å². The topological polar surface area (TPSA) is 93.2 Å². The number of aryl methyl sites for hydroxylation is 1. The lowest BCUT2D eigenvalue weighted by atomic mass is 10.0. The third-order valence-electron chi connectivity index (χ3n) is 4.04. The second kappa shape index (κ2) is 7.05. The van der Waals surface area contributed by atoms with E-state index in [1.165, 1.54) is 23.5 Å². The average Bonchev–Trinajstić information content (AvgIpc) is 2.99. The van der Waals surface area contributed by atoms with Crippen molar-refractivity contribution in [3.05, 3.63) is 40.4 Å². The molecule has 3 rings (SSSR count). The fourth-order valence-corrected chi connectivity index (χ4v) is 4.53. The van der Waals surface area contributed by atoms with Crippen LogP contribution in [0.5, 0.6) is 0 Å². The molecule has 0 bridgehead atoms. The number of nitrogens with zero attached hydrogens (tertiary/aromatic N) is 1. The van der Waals surface area contributed by atoms with Gasteiger partial charge in [0.15, 0.2) is 20.8 Å². The van der Waals surface area contributed by atoms with Gasteiger partial charge in [0.25, 0.3) is 0 Å². The van der Waals surface area contributed by atoms with Gasteiger partial charge in [-0.15, -0.1) is 0 Å². The maximum atomic E-state index is 12.2. The van der Waals surface area contributed by atoms with Crippen LogP contribution in [0.4, 0.5) is 5.13 Å². The van der Waals surface area contributed by atoms with Crippen LogP contribution < -0.4 is 5.32 Å². The van der Waals surface area contributed by atoms with Crippen LogP contribution in [0.3, 0.4) is 0 Å². The number of carbonyl (C=O) groups excluding carboxylic acids is 2. The monoisotopic (exact) mass is 380 g/mol. The Morgan fingerprint density at radius 3 is 2.64 bits per heavy atom. The number of aromatic nitrogens is 1. The second-order valence-corrected chi connectivity index (χ2v) is 9.12. The van der Waals surface area contributed by atoms with Crippen LogP contribution in [-0.4, -0.2) is 30.8 Å². The molecule has 0 saturated carbocycles. The Kier molecular flexibility index (Phi) is 5.01. The lowest BCUT2D eigenvalue weighted by Gasteiger charge is -2.05. The van der Waals surface area contributed by atoms with E-state index in [4.69, 9.17) is 0 Å². The van der Waals surface area contributed by atoms with Gasteiger partial charge in [0, 0.05) is 7.85 Å². The standard InChI is InChI=1S/C17H18N2O4S2.H2/c1-2-25(22,23)12-8-6-11(7-9-12)10-15(21)19-17-18-13-4-3-5-14(20)16(13)24-17;/h6-9H,2-5,10H2,1H3,(H,18,19,21);1H. The number of nitrogens with one attached hydrogen (secondary N) is 1. The molecule has 1 aromatic heterocycles. The summed E-state index contributed by atoms with van der Waals surface area (Å²) in [6.07, 6.45) is 2.22. The fourth-order valence-electron chi connectivity index (χ4n) is 2.65. The first-order chi connectivity index (χ1) is 11.9.